The van der Waals surface area contributed by atoms with E-state index in [1.165, 1.54) is 0 Å². The van der Waals surface area contributed by atoms with Crippen molar-refractivity contribution < 1.29 is 0 Å². The van der Waals surface area contributed by atoms with Crippen molar-refractivity contribution >= 4 is 28.8 Å². The first-order valence-corrected chi connectivity index (χ1v) is 8.16. The molecule has 3 rings (SSSR count). The van der Waals surface area contributed by atoms with Crippen LogP contribution in [0.5, 0.6) is 0 Å². The summed E-state index contributed by atoms with van der Waals surface area (Å²) in [6, 6.07) is 15.3. The maximum Gasteiger partial charge on any atom is 0.262 e. The molecule has 128 valence electrons. The summed E-state index contributed by atoms with van der Waals surface area (Å²) in [5.41, 5.74) is 5.57. The summed E-state index contributed by atoms with van der Waals surface area (Å²) in [6.07, 6.45) is 1.71. The number of benzene rings is 2. The highest BCUT2D eigenvalue weighted by Gasteiger charge is 2.08. The molecule has 0 aliphatic rings. The molecule has 0 aliphatic carbocycles. The average molecular weight is 335 g/mol. The van der Waals surface area contributed by atoms with Crippen LogP contribution in [-0.4, -0.2) is 29.9 Å². The topological polar surface area (TPSA) is 62.5 Å². The van der Waals surface area contributed by atoms with Gasteiger partial charge in [0.05, 0.1) is 17.1 Å². The van der Waals surface area contributed by atoms with Crippen LogP contribution in [-0.2, 0) is 6.54 Å². The maximum absolute atomic E-state index is 12.5. The quantitative estimate of drug-likeness (QED) is 0.575. The van der Waals surface area contributed by atoms with E-state index in [9.17, 15) is 4.79 Å². The summed E-state index contributed by atoms with van der Waals surface area (Å²) < 4.78 is 1.58. The first-order valence-electron chi connectivity index (χ1n) is 8.16. The molecule has 0 amide bonds. The molecule has 25 heavy (non-hydrogen) atoms. The number of nitrogens with zero attached hydrogens (tertiary/aromatic N) is 4. The zero-order valence-corrected chi connectivity index (χ0v) is 14.6. The van der Waals surface area contributed by atoms with E-state index < -0.39 is 0 Å². The SMILES string of the molecule is CCn1c(N/N=C\c2ccc(N(C)C)cc2)nc2ccccc2c1=O. The third-order valence-electron chi connectivity index (χ3n) is 3.97. The summed E-state index contributed by atoms with van der Waals surface area (Å²) in [4.78, 5) is 19.1. The monoisotopic (exact) mass is 335 g/mol. The Hall–Kier alpha value is -3.15. The summed E-state index contributed by atoms with van der Waals surface area (Å²) in [6.45, 7) is 2.43. The van der Waals surface area contributed by atoms with Crippen molar-refractivity contribution in [2.75, 3.05) is 24.4 Å². The molecule has 0 fully saturated rings. The number of hydrogen-bond acceptors (Lipinski definition) is 5. The molecule has 2 aromatic carbocycles. The normalized spacial score (nSPS) is 11.2. The molecule has 0 unspecified atom stereocenters. The van der Waals surface area contributed by atoms with Crippen LogP contribution in [0.1, 0.15) is 12.5 Å². The van der Waals surface area contributed by atoms with E-state index in [1.807, 2.05) is 68.4 Å². The van der Waals surface area contributed by atoms with Crippen molar-refractivity contribution in [2.24, 2.45) is 5.10 Å². The maximum atomic E-state index is 12.5. The van der Waals surface area contributed by atoms with Crippen LogP contribution in [0.15, 0.2) is 58.4 Å². The number of para-hydroxylation sites is 1. The van der Waals surface area contributed by atoms with Gasteiger partial charge >= 0.3 is 0 Å². The van der Waals surface area contributed by atoms with Crippen molar-refractivity contribution in [1.29, 1.82) is 0 Å². The van der Waals surface area contributed by atoms with Crippen molar-refractivity contribution in [3.63, 3.8) is 0 Å². The van der Waals surface area contributed by atoms with Crippen LogP contribution in [0.2, 0.25) is 0 Å². The van der Waals surface area contributed by atoms with E-state index in [0.29, 0.717) is 23.4 Å². The second-order valence-corrected chi connectivity index (χ2v) is 5.86. The Morgan fingerprint density at radius 2 is 1.88 bits per heavy atom. The predicted octanol–water partition coefficient (Wildman–Crippen LogP) is 2.93. The van der Waals surface area contributed by atoms with Crippen LogP contribution >= 0.6 is 0 Å². The fraction of sp³-hybridized carbons (Fsp3) is 0.211. The number of anilines is 2. The van der Waals surface area contributed by atoms with Crippen LogP contribution in [0.4, 0.5) is 11.6 Å². The summed E-state index contributed by atoms with van der Waals surface area (Å²) in [5, 5.41) is 4.84. The molecule has 0 aliphatic heterocycles. The van der Waals surface area contributed by atoms with Crippen LogP contribution < -0.4 is 15.9 Å². The average Bonchev–Trinajstić information content (AvgIpc) is 2.62. The molecule has 1 heterocycles. The van der Waals surface area contributed by atoms with Gasteiger partial charge in [0.2, 0.25) is 5.95 Å². The predicted molar refractivity (Wildman–Crippen MR) is 104 cm³/mol. The van der Waals surface area contributed by atoms with Crippen molar-refractivity contribution in [3.05, 3.63) is 64.4 Å². The summed E-state index contributed by atoms with van der Waals surface area (Å²) in [5.74, 6) is 0.437. The lowest BCUT2D eigenvalue weighted by Gasteiger charge is -2.12. The van der Waals surface area contributed by atoms with Gasteiger partial charge in [0.15, 0.2) is 0 Å². The molecule has 0 saturated heterocycles. The van der Waals surface area contributed by atoms with E-state index in [2.05, 4.69) is 15.5 Å². The third kappa shape index (κ3) is 3.52. The Bertz CT molecular complexity index is 958. The Labute approximate surface area is 146 Å². The summed E-state index contributed by atoms with van der Waals surface area (Å²) >= 11 is 0. The van der Waals surface area contributed by atoms with Crippen molar-refractivity contribution in [3.8, 4) is 0 Å². The second-order valence-electron chi connectivity index (χ2n) is 5.86. The van der Waals surface area contributed by atoms with Gasteiger partial charge in [-0.05, 0) is 36.8 Å². The smallest absolute Gasteiger partial charge is 0.262 e. The molecule has 0 saturated carbocycles. The number of hydrogen-bond donors (Lipinski definition) is 1. The largest absolute Gasteiger partial charge is 0.378 e. The highest BCUT2D eigenvalue weighted by Crippen LogP contribution is 2.12. The lowest BCUT2D eigenvalue weighted by atomic mass is 10.2. The minimum Gasteiger partial charge on any atom is -0.378 e. The zero-order chi connectivity index (χ0) is 17.8. The van der Waals surface area contributed by atoms with Gasteiger partial charge in [0.25, 0.3) is 5.56 Å². The molecular formula is C19H21N5O. The van der Waals surface area contributed by atoms with E-state index >= 15 is 0 Å². The fourth-order valence-corrected chi connectivity index (χ4v) is 2.57. The first-order chi connectivity index (χ1) is 12.1. The van der Waals surface area contributed by atoms with Gasteiger partial charge in [-0.15, -0.1) is 0 Å². The van der Waals surface area contributed by atoms with E-state index in [-0.39, 0.29) is 5.56 Å². The highest BCUT2D eigenvalue weighted by molar-refractivity contribution is 5.81. The third-order valence-corrected chi connectivity index (χ3v) is 3.97. The van der Waals surface area contributed by atoms with Gasteiger partial charge in [-0.3, -0.25) is 9.36 Å². The standard InChI is InChI=1S/C19H21N5O/c1-4-24-18(25)16-7-5-6-8-17(16)21-19(24)22-20-13-14-9-11-15(12-10-14)23(2)3/h5-13H,4H2,1-3H3,(H,21,22)/b20-13-. The molecule has 1 N–H and O–H groups in total. The number of rotatable bonds is 5. The molecule has 3 aromatic rings. The second kappa shape index (κ2) is 7.17. The van der Waals surface area contributed by atoms with Gasteiger partial charge in [-0.1, -0.05) is 24.3 Å². The molecular weight excluding hydrogens is 314 g/mol. The minimum atomic E-state index is -0.0684. The number of aromatic nitrogens is 2. The first kappa shape index (κ1) is 16.7. The summed E-state index contributed by atoms with van der Waals surface area (Å²) in [7, 11) is 4.00. The van der Waals surface area contributed by atoms with Gasteiger partial charge in [0, 0.05) is 26.3 Å². The molecule has 6 heteroatoms. The molecule has 0 spiro atoms. The van der Waals surface area contributed by atoms with Gasteiger partial charge < -0.3 is 4.90 Å². The Kier molecular flexibility index (Phi) is 4.79. The van der Waals surface area contributed by atoms with E-state index in [4.69, 9.17) is 0 Å². The number of nitrogens with one attached hydrogen (secondary N) is 1. The number of fused-ring (bicyclic) bond motifs is 1. The van der Waals surface area contributed by atoms with Crippen LogP contribution in [0.3, 0.4) is 0 Å². The number of hydrazone groups is 1. The Balaban J connectivity index is 1.86. The molecule has 6 nitrogen and oxygen atoms in total. The highest BCUT2D eigenvalue weighted by atomic mass is 16.1. The van der Waals surface area contributed by atoms with Crippen LogP contribution in [0, 0.1) is 0 Å². The van der Waals surface area contributed by atoms with Gasteiger partial charge in [-0.2, -0.15) is 5.10 Å². The van der Waals surface area contributed by atoms with Crippen molar-refractivity contribution in [1.82, 2.24) is 9.55 Å². The molecule has 0 atom stereocenters. The lowest BCUT2D eigenvalue weighted by molar-refractivity contribution is 0.724. The van der Waals surface area contributed by atoms with Gasteiger partial charge in [0.1, 0.15) is 0 Å². The lowest BCUT2D eigenvalue weighted by Crippen LogP contribution is -2.23. The minimum absolute atomic E-state index is 0.0684. The molecule has 1 aromatic heterocycles. The van der Waals surface area contributed by atoms with Crippen LogP contribution in [0.25, 0.3) is 10.9 Å². The van der Waals surface area contributed by atoms with Crippen molar-refractivity contribution in [2.45, 2.75) is 13.5 Å². The zero-order valence-electron chi connectivity index (χ0n) is 14.6. The van der Waals surface area contributed by atoms with Gasteiger partial charge in [-0.25, -0.2) is 10.4 Å². The fourth-order valence-electron chi connectivity index (χ4n) is 2.57. The molecule has 0 radical (unpaired) electrons. The van der Waals surface area contributed by atoms with E-state index in [1.54, 1.807) is 16.8 Å². The Morgan fingerprint density at radius 3 is 2.56 bits per heavy atom. The van der Waals surface area contributed by atoms with E-state index in [0.717, 1.165) is 11.3 Å². The molecule has 0 bridgehead atoms. The Morgan fingerprint density at radius 1 is 1.16 bits per heavy atom.